The highest BCUT2D eigenvalue weighted by Crippen LogP contribution is 2.26. The number of nitrogen functional groups attached to an aromatic ring is 1. The molecule has 0 aliphatic carbocycles. The monoisotopic (exact) mass is 349 g/mol. The van der Waals surface area contributed by atoms with Crippen LogP contribution < -0.4 is 15.2 Å². The smallest absolute Gasteiger partial charge is 0.142 e. The molecule has 0 aromatic heterocycles. The highest BCUT2D eigenvalue weighted by molar-refractivity contribution is 6.31. The summed E-state index contributed by atoms with van der Waals surface area (Å²) in [6, 6.07) is 13.2. The molecule has 0 spiro atoms. The van der Waals surface area contributed by atoms with Crippen molar-refractivity contribution in [2.24, 2.45) is 0 Å². The van der Waals surface area contributed by atoms with E-state index < -0.39 is 0 Å². The fraction of sp³-hybridized carbons (Fsp3) is 0.368. The summed E-state index contributed by atoms with van der Waals surface area (Å²) in [5, 5.41) is 0.742. The van der Waals surface area contributed by atoms with Crippen molar-refractivity contribution in [1.29, 1.82) is 0 Å². The summed E-state index contributed by atoms with van der Waals surface area (Å²) >= 11 is 6.08. The Kier molecular flexibility index (Phi) is 7.72. The number of hydrogen-bond donors (Lipinski definition) is 1. The first kappa shape index (κ1) is 18.4. The number of ether oxygens (including phenoxy) is 3. The van der Waals surface area contributed by atoms with Crippen LogP contribution in [0.3, 0.4) is 0 Å². The lowest BCUT2D eigenvalue weighted by molar-refractivity contribution is 0.114. The highest BCUT2D eigenvalue weighted by atomic mass is 35.5. The van der Waals surface area contributed by atoms with Crippen LogP contribution >= 0.6 is 11.6 Å². The molecule has 0 amide bonds. The van der Waals surface area contributed by atoms with Gasteiger partial charge in [0.25, 0.3) is 0 Å². The van der Waals surface area contributed by atoms with Gasteiger partial charge in [-0.25, -0.2) is 0 Å². The van der Waals surface area contributed by atoms with Crippen LogP contribution in [0.15, 0.2) is 42.5 Å². The topological polar surface area (TPSA) is 53.7 Å². The van der Waals surface area contributed by atoms with Crippen molar-refractivity contribution in [3.8, 4) is 11.5 Å². The highest BCUT2D eigenvalue weighted by Gasteiger charge is 2.03. The van der Waals surface area contributed by atoms with Crippen LogP contribution in [-0.2, 0) is 11.3 Å². The van der Waals surface area contributed by atoms with Crippen LogP contribution in [0.4, 0.5) is 5.69 Å². The van der Waals surface area contributed by atoms with E-state index in [9.17, 15) is 0 Å². The van der Waals surface area contributed by atoms with E-state index in [1.807, 2.05) is 43.3 Å². The molecule has 0 unspecified atom stereocenters. The van der Waals surface area contributed by atoms with Gasteiger partial charge in [-0.2, -0.15) is 0 Å². The molecule has 2 N–H and O–H groups in total. The van der Waals surface area contributed by atoms with Crippen molar-refractivity contribution < 1.29 is 14.2 Å². The van der Waals surface area contributed by atoms with Gasteiger partial charge in [0.15, 0.2) is 0 Å². The van der Waals surface area contributed by atoms with Gasteiger partial charge < -0.3 is 19.9 Å². The van der Waals surface area contributed by atoms with Gasteiger partial charge in [-0.3, -0.25) is 0 Å². The van der Waals surface area contributed by atoms with Crippen LogP contribution in [0.25, 0.3) is 0 Å². The number of anilines is 1. The Labute approximate surface area is 148 Å². The van der Waals surface area contributed by atoms with Crippen molar-refractivity contribution in [2.75, 3.05) is 25.6 Å². The Morgan fingerprint density at radius 1 is 1.00 bits per heavy atom. The van der Waals surface area contributed by atoms with Crippen molar-refractivity contribution in [3.05, 3.63) is 53.1 Å². The molecule has 5 heteroatoms. The van der Waals surface area contributed by atoms with Gasteiger partial charge in [0.1, 0.15) is 11.5 Å². The number of rotatable bonds is 10. The second-order valence-electron chi connectivity index (χ2n) is 5.33. The maximum Gasteiger partial charge on any atom is 0.142 e. The normalized spacial score (nSPS) is 10.6. The molecule has 0 bridgehead atoms. The molecule has 130 valence electrons. The summed E-state index contributed by atoms with van der Waals surface area (Å²) < 4.78 is 16.7. The number of halogens is 1. The molecule has 24 heavy (non-hydrogen) atoms. The second kappa shape index (κ2) is 10.1. The fourth-order valence-corrected chi connectivity index (χ4v) is 2.39. The number of unbranched alkanes of at least 4 members (excludes halogenated alkanes) is 1. The SMILES string of the molecule is CCOc1ccc(OCCCCOCc2ccccc2Cl)c(N)c1. The minimum atomic E-state index is 0.534. The molecule has 0 saturated carbocycles. The minimum Gasteiger partial charge on any atom is -0.494 e. The van der Waals surface area contributed by atoms with Crippen LogP contribution in [0.1, 0.15) is 25.3 Å². The molecule has 0 saturated heterocycles. The van der Waals surface area contributed by atoms with Crippen LogP contribution in [-0.4, -0.2) is 19.8 Å². The van der Waals surface area contributed by atoms with Crippen molar-refractivity contribution >= 4 is 17.3 Å². The summed E-state index contributed by atoms with van der Waals surface area (Å²) in [6.45, 7) is 4.37. The molecule has 0 radical (unpaired) electrons. The summed E-state index contributed by atoms with van der Waals surface area (Å²) in [7, 11) is 0. The zero-order valence-electron chi connectivity index (χ0n) is 14.0. The number of benzene rings is 2. The summed E-state index contributed by atoms with van der Waals surface area (Å²) in [5.41, 5.74) is 7.56. The average molecular weight is 350 g/mol. The largest absolute Gasteiger partial charge is 0.494 e. The van der Waals surface area contributed by atoms with Crippen LogP contribution in [0.5, 0.6) is 11.5 Å². The predicted octanol–water partition coefficient (Wildman–Crippen LogP) is 4.70. The van der Waals surface area contributed by atoms with Gasteiger partial charge in [0.05, 0.1) is 25.5 Å². The molecule has 0 atom stereocenters. The van der Waals surface area contributed by atoms with Gasteiger partial charge in [-0.15, -0.1) is 0 Å². The van der Waals surface area contributed by atoms with E-state index in [2.05, 4.69) is 0 Å². The molecule has 2 rings (SSSR count). The van der Waals surface area contributed by atoms with E-state index in [0.717, 1.165) is 29.2 Å². The Morgan fingerprint density at radius 2 is 1.79 bits per heavy atom. The molecular formula is C19H24ClNO3. The zero-order chi connectivity index (χ0) is 17.2. The summed E-state index contributed by atoms with van der Waals surface area (Å²) in [4.78, 5) is 0. The lowest BCUT2D eigenvalue weighted by atomic mass is 10.2. The average Bonchev–Trinajstić information content (AvgIpc) is 2.57. The standard InChI is InChI=1S/C19H24ClNO3/c1-2-23-16-9-10-19(18(21)13-16)24-12-6-5-11-22-14-15-7-3-4-8-17(15)20/h3-4,7-10,13H,2,5-6,11-12,14,21H2,1H3. The lowest BCUT2D eigenvalue weighted by Gasteiger charge is -2.11. The minimum absolute atomic E-state index is 0.534. The molecule has 0 aliphatic rings. The van der Waals surface area contributed by atoms with Crippen molar-refractivity contribution in [2.45, 2.75) is 26.4 Å². The first-order chi connectivity index (χ1) is 11.7. The van der Waals surface area contributed by atoms with E-state index in [1.54, 1.807) is 6.07 Å². The van der Waals surface area contributed by atoms with E-state index in [4.69, 9.17) is 31.5 Å². The third kappa shape index (κ3) is 5.95. The van der Waals surface area contributed by atoms with E-state index >= 15 is 0 Å². The summed E-state index contributed by atoms with van der Waals surface area (Å²) in [6.07, 6.45) is 1.82. The quantitative estimate of drug-likeness (QED) is 0.499. The lowest BCUT2D eigenvalue weighted by Crippen LogP contribution is -2.03. The number of nitrogens with two attached hydrogens (primary N) is 1. The molecule has 2 aromatic rings. The molecular weight excluding hydrogens is 326 g/mol. The fourth-order valence-electron chi connectivity index (χ4n) is 2.20. The molecule has 0 aliphatic heterocycles. The maximum atomic E-state index is 6.08. The van der Waals surface area contributed by atoms with Crippen LogP contribution in [0.2, 0.25) is 5.02 Å². The van der Waals surface area contributed by atoms with Crippen molar-refractivity contribution in [3.63, 3.8) is 0 Å². The van der Waals surface area contributed by atoms with Gasteiger partial charge in [-0.05, 0) is 43.5 Å². The molecule has 0 heterocycles. The van der Waals surface area contributed by atoms with Crippen molar-refractivity contribution in [1.82, 2.24) is 0 Å². The Bertz CT molecular complexity index is 634. The molecule has 0 fully saturated rings. The van der Waals surface area contributed by atoms with Gasteiger partial charge in [0, 0.05) is 17.7 Å². The molecule has 2 aromatic carbocycles. The maximum absolute atomic E-state index is 6.08. The van der Waals surface area contributed by atoms with E-state index in [-0.39, 0.29) is 0 Å². The third-order valence-electron chi connectivity index (χ3n) is 3.45. The van der Waals surface area contributed by atoms with E-state index in [0.29, 0.717) is 37.9 Å². The first-order valence-corrected chi connectivity index (χ1v) is 8.54. The molecule has 4 nitrogen and oxygen atoms in total. The zero-order valence-corrected chi connectivity index (χ0v) is 14.7. The Balaban J connectivity index is 1.61. The van der Waals surface area contributed by atoms with Gasteiger partial charge >= 0.3 is 0 Å². The van der Waals surface area contributed by atoms with Gasteiger partial charge in [-0.1, -0.05) is 29.8 Å². The predicted molar refractivity (Wildman–Crippen MR) is 97.9 cm³/mol. The number of hydrogen-bond acceptors (Lipinski definition) is 4. The Morgan fingerprint density at radius 3 is 2.54 bits per heavy atom. The van der Waals surface area contributed by atoms with Crippen LogP contribution in [0, 0.1) is 0 Å². The third-order valence-corrected chi connectivity index (χ3v) is 3.82. The van der Waals surface area contributed by atoms with Gasteiger partial charge in [0.2, 0.25) is 0 Å². The summed E-state index contributed by atoms with van der Waals surface area (Å²) in [5.74, 6) is 1.45. The first-order valence-electron chi connectivity index (χ1n) is 8.17. The second-order valence-corrected chi connectivity index (χ2v) is 5.74. The van der Waals surface area contributed by atoms with E-state index in [1.165, 1.54) is 0 Å². The Hall–Kier alpha value is -1.91.